The lowest BCUT2D eigenvalue weighted by Crippen LogP contribution is -2.51. The average molecular weight is 555 g/mol. The van der Waals surface area contributed by atoms with E-state index in [9.17, 15) is 35.6 Å². The summed E-state index contributed by atoms with van der Waals surface area (Å²) in [6, 6.07) is 5.91. The largest absolute Gasteiger partial charge is 0.416 e. The molecule has 0 aromatic heterocycles. The third kappa shape index (κ3) is 4.91. The number of hydrogen-bond donors (Lipinski definition) is 1. The number of fused-ring (bicyclic) bond motifs is 1. The molecule has 3 aliphatic rings. The molecule has 2 heterocycles. The number of alkyl halides is 3. The van der Waals surface area contributed by atoms with Gasteiger partial charge in [-0.1, -0.05) is 19.1 Å². The fraction of sp³-hybridized carbons (Fsp3) is 0.462. The summed E-state index contributed by atoms with van der Waals surface area (Å²) in [6.45, 7) is 1.90. The number of likely N-dealkylation sites (tertiary alicyclic amines) is 1. The molecular weight excluding hydrogens is 528 g/mol. The molecule has 0 spiro atoms. The zero-order valence-electron chi connectivity index (χ0n) is 20.4. The van der Waals surface area contributed by atoms with Gasteiger partial charge < -0.3 is 15.0 Å². The van der Waals surface area contributed by atoms with E-state index in [1.165, 1.54) is 36.1 Å². The minimum atomic E-state index is -4.71. The van der Waals surface area contributed by atoms with Crippen LogP contribution >= 0.6 is 0 Å². The van der Waals surface area contributed by atoms with Crippen molar-refractivity contribution in [3.05, 3.63) is 65.0 Å². The van der Waals surface area contributed by atoms with Crippen molar-refractivity contribution in [2.24, 2.45) is 11.8 Å². The molecule has 0 bridgehead atoms. The average Bonchev–Trinajstić information content (AvgIpc) is 3.50. The van der Waals surface area contributed by atoms with Crippen LogP contribution in [0.4, 0.5) is 17.6 Å². The fourth-order valence-electron chi connectivity index (χ4n) is 5.22. The van der Waals surface area contributed by atoms with Crippen molar-refractivity contribution in [2.45, 2.75) is 49.0 Å². The lowest BCUT2D eigenvalue weighted by Gasteiger charge is -2.36. The number of nitrogens with zero attached hydrogens (tertiary/aromatic N) is 1. The first-order chi connectivity index (χ1) is 17.9. The number of sulfone groups is 1. The third-order valence-corrected chi connectivity index (χ3v) is 9.29. The van der Waals surface area contributed by atoms with Gasteiger partial charge in [0, 0.05) is 23.1 Å². The highest BCUT2D eigenvalue weighted by molar-refractivity contribution is 7.91. The second-order valence-electron chi connectivity index (χ2n) is 9.98. The molecule has 2 aromatic carbocycles. The Hall–Kier alpha value is -2.99. The Morgan fingerprint density at radius 1 is 1.13 bits per heavy atom. The van der Waals surface area contributed by atoms with Gasteiger partial charge in [0.05, 0.1) is 35.5 Å². The van der Waals surface area contributed by atoms with Crippen LogP contribution in [0.25, 0.3) is 0 Å². The fourth-order valence-corrected chi connectivity index (χ4v) is 6.15. The van der Waals surface area contributed by atoms with E-state index in [4.69, 9.17) is 4.74 Å². The second-order valence-corrected chi connectivity index (χ2v) is 12.3. The van der Waals surface area contributed by atoms with Crippen LogP contribution in [-0.2, 0) is 25.5 Å². The van der Waals surface area contributed by atoms with Gasteiger partial charge >= 0.3 is 6.18 Å². The number of amides is 2. The molecule has 3 fully saturated rings. The maximum atomic E-state index is 14.8. The minimum absolute atomic E-state index is 0.0150. The Morgan fingerprint density at radius 2 is 1.87 bits per heavy atom. The first kappa shape index (κ1) is 26.6. The smallest absolute Gasteiger partial charge is 0.381 e. The highest BCUT2D eigenvalue weighted by atomic mass is 32.2. The van der Waals surface area contributed by atoms with Crippen LogP contribution in [0.15, 0.2) is 47.4 Å². The summed E-state index contributed by atoms with van der Waals surface area (Å²) in [6.07, 6.45) is -3.61. The van der Waals surface area contributed by atoms with E-state index in [-0.39, 0.29) is 52.9 Å². The molecule has 1 N–H and O–H groups in total. The van der Waals surface area contributed by atoms with Crippen LogP contribution in [-0.4, -0.2) is 56.2 Å². The Labute approximate surface area is 217 Å². The van der Waals surface area contributed by atoms with Crippen molar-refractivity contribution in [1.29, 1.82) is 0 Å². The molecule has 1 saturated carbocycles. The lowest BCUT2D eigenvalue weighted by atomic mass is 9.90. The Kier molecular flexibility index (Phi) is 6.75. The topological polar surface area (TPSA) is 92.8 Å². The predicted molar refractivity (Wildman–Crippen MR) is 127 cm³/mol. The van der Waals surface area contributed by atoms with Crippen molar-refractivity contribution < 1.29 is 40.3 Å². The molecule has 5 rings (SSSR count). The van der Waals surface area contributed by atoms with Gasteiger partial charge in [-0.2, -0.15) is 13.2 Å². The third-order valence-electron chi connectivity index (χ3n) is 7.56. The zero-order chi connectivity index (χ0) is 27.4. The molecule has 1 aliphatic carbocycles. The van der Waals surface area contributed by atoms with Crippen molar-refractivity contribution in [3.63, 3.8) is 0 Å². The molecule has 38 heavy (non-hydrogen) atoms. The summed E-state index contributed by atoms with van der Waals surface area (Å²) in [5.41, 5.74) is -1.07. The minimum Gasteiger partial charge on any atom is -0.381 e. The molecule has 2 aromatic rings. The van der Waals surface area contributed by atoms with Crippen LogP contribution in [0.1, 0.15) is 47.3 Å². The van der Waals surface area contributed by atoms with Crippen LogP contribution in [0, 0.1) is 17.7 Å². The molecule has 2 saturated heterocycles. The highest BCUT2D eigenvalue weighted by Gasteiger charge is 2.56. The highest BCUT2D eigenvalue weighted by Crippen LogP contribution is 2.48. The SMILES string of the molecule is CCS(=O)(=O)c1cccc(C(=O)N2[C@@H](C(=O)NC(c3ccc(C(F)(F)F)cc3F)C3COC3)C[C@H]3C[C@H]32)c1. The number of carbonyl (C=O) groups is 2. The summed E-state index contributed by atoms with van der Waals surface area (Å²) in [5.74, 6) is -2.47. The van der Waals surface area contributed by atoms with Crippen LogP contribution in [0.2, 0.25) is 0 Å². The molecule has 4 atom stereocenters. The van der Waals surface area contributed by atoms with Crippen LogP contribution < -0.4 is 5.32 Å². The van der Waals surface area contributed by atoms with Gasteiger partial charge in [-0.25, -0.2) is 12.8 Å². The maximum Gasteiger partial charge on any atom is 0.416 e. The molecule has 204 valence electrons. The van der Waals surface area contributed by atoms with Crippen molar-refractivity contribution >= 4 is 21.7 Å². The standard InChI is InChI=1S/C26H26F4N2O5S/c1-2-38(35,36)18-5-3-4-14(8-18)25(34)32-21-9-15(21)10-22(32)24(33)31-23(16-12-37-13-16)19-7-6-17(11-20(19)27)26(28,29)30/h3-8,11,15-16,21-23H,2,9-10,12-13H2,1H3,(H,31,33)/t15-,21-,22-,23?/m1/s1. The van der Waals surface area contributed by atoms with Gasteiger partial charge in [-0.05, 0) is 49.1 Å². The Balaban J connectivity index is 1.39. The maximum absolute atomic E-state index is 14.8. The number of piperidine rings is 1. The number of carbonyl (C=O) groups excluding carboxylic acids is 2. The van der Waals surface area contributed by atoms with Gasteiger partial charge in [0.1, 0.15) is 11.9 Å². The summed E-state index contributed by atoms with van der Waals surface area (Å²) in [7, 11) is -3.55. The number of rotatable bonds is 7. The van der Waals surface area contributed by atoms with E-state index < -0.39 is 51.3 Å². The van der Waals surface area contributed by atoms with Crippen molar-refractivity contribution in [2.75, 3.05) is 19.0 Å². The first-order valence-corrected chi connectivity index (χ1v) is 14.0. The summed E-state index contributed by atoms with van der Waals surface area (Å²) >= 11 is 0. The second kappa shape index (κ2) is 9.64. The molecule has 0 radical (unpaired) electrons. The van der Waals surface area contributed by atoms with E-state index >= 15 is 0 Å². The van der Waals surface area contributed by atoms with Crippen molar-refractivity contribution in [3.8, 4) is 0 Å². The summed E-state index contributed by atoms with van der Waals surface area (Å²) < 4.78 is 83.7. The lowest BCUT2D eigenvalue weighted by molar-refractivity contribution is -0.138. The monoisotopic (exact) mass is 554 g/mol. The first-order valence-electron chi connectivity index (χ1n) is 12.3. The molecule has 2 amide bonds. The van der Waals surface area contributed by atoms with Crippen LogP contribution in [0.5, 0.6) is 0 Å². The van der Waals surface area contributed by atoms with E-state index in [0.717, 1.165) is 18.6 Å². The van der Waals surface area contributed by atoms with Gasteiger partial charge in [-0.15, -0.1) is 0 Å². The predicted octanol–water partition coefficient (Wildman–Crippen LogP) is 3.75. The summed E-state index contributed by atoms with van der Waals surface area (Å²) in [5, 5.41) is 2.77. The molecule has 12 heteroatoms. The van der Waals surface area contributed by atoms with E-state index in [2.05, 4.69) is 5.32 Å². The number of halogens is 4. The Morgan fingerprint density at radius 3 is 2.47 bits per heavy atom. The molecule has 1 unspecified atom stereocenters. The van der Waals surface area contributed by atoms with E-state index in [1.807, 2.05) is 0 Å². The summed E-state index contributed by atoms with van der Waals surface area (Å²) in [4.78, 5) is 28.4. The quantitative estimate of drug-likeness (QED) is 0.527. The zero-order valence-corrected chi connectivity index (χ0v) is 21.2. The van der Waals surface area contributed by atoms with Gasteiger partial charge in [0.15, 0.2) is 9.84 Å². The van der Waals surface area contributed by atoms with Crippen LogP contribution in [0.3, 0.4) is 0 Å². The van der Waals surface area contributed by atoms with E-state index in [0.29, 0.717) is 12.5 Å². The van der Waals surface area contributed by atoms with Gasteiger partial charge in [0.2, 0.25) is 5.91 Å². The number of hydrogen-bond acceptors (Lipinski definition) is 5. The molecule has 2 aliphatic heterocycles. The number of nitrogens with one attached hydrogen (secondary N) is 1. The van der Waals surface area contributed by atoms with Gasteiger partial charge in [-0.3, -0.25) is 9.59 Å². The van der Waals surface area contributed by atoms with Crippen molar-refractivity contribution in [1.82, 2.24) is 10.2 Å². The normalized spacial score (nSPS) is 23.9. The van der Waals surface area contributed by atoms with E-state index in [1.54, 1.807) is 0 Å². The molecular formula is C26H26F4N2O5S. The number of benzene rings is 2. The van der Waals surface area contributed by atoms with Gasteiger partial charge in [0.25, 0.3) is 5.91 Å². The Bertz CT molecular complexity index is 1380. The number of ether oxygens (including phenoxy) is 1. The molecule has 7 nitrogen and oxygen atoms in total.